The van der Waals surface area contributed by atoms with E-state index in [1.54, 1.807) is 13.2 Å². The molecule has 1 aliphatic heterocycles. The average Bonchev–Trinajstić information content (AvgIpc) is 3.39. The molecule has 1 atom stereocenters. The molecule has 0 aliphatic carbocycles. The first-order valence-electron chi connectivity index (χ1n) is 8.76. The first-order chi connectivity index (χ1) is 13.7. The number of rotatable bonds is 3. The number of aromatic nitrogens is 4. The smallest absolute Gasteiger partial charge is 0.416 e. The van der Waals surface area contributed by atoms with E-state index in [2.05, 4.69) is 25.9 Å². The van der Waals surface area contributed by atoms with Crippen LogP contribution in [0.4, 0.5) is 24.5 Å². The first-order valence-corrected chi connectivity index (χ1v) is 8.76. The molecule has 0 saturated carbocycles. The standard InChI is InChI=1S/C13H10F3N5O.C5H9NO/c1-21-6-10(11(20-21)12-19-17-7-22-12)18-9-4-2-8(3-5-9)13(14,15)16;1-4-2-3-6-5(4)7/h2-7,18H,1H3;4H,2-3H2,1H3,(H,6,7). The predicted octanol–water partition coefficient (Wildman–Crippen LogP) is 3.37. The van der Waals surface area contributed by atoms with Gasteiger partial charge in [0.1, 0.15) is 0 Å². The Bertz CT molecular complexity index is 951. The molecule has 0 radical (unpaired) electrons. The molecule has 0 spiro atoms. The predicted molar refractivity (Wildman–Crippen MR) is 98.0 cm³/mol. The summed E-state index contributed by atoms with van der Waals surface area (Å²) in [6.45, 7) is 2.82. The molecule has 11 heteroatoms. The number of nitrogens with zero attached hydrogens (tertiary/aromatic N) is 4. The maximum absolute atomic E-state index is 12.5. The minimum Gasteiger partial charge on any atom is -0.422 e. The van der Waals surface area contributed by atoms with Gasteiger partial charge < -0.3 is 15.1 Å². The Morgan fingerprint density at radius 2 is 2.00 bits per heavy atom. The van der Waals surface area contributed by atoms with Crippen LogP contribution < -0.4 is 10.6 Å². The van der Waals surface area contributed by atoms with E-state index >= 15 is 0 Å². The van der Waals surface area contributed by atoms with Crippen LogP contribution >= 0.6 is 0 Å². The topological polar surface area (TPSA) is 97.9 Å². The number of aryl methyl sites for hydroxylation is 1. The van der Waals surface area contributed by atoms with Crippen molar-refractivity contribution in [1.29, 1.82) is 0 Å². The van der Waals surface area contributed by atoms with E-state index in [0.717, 1.165) is 25.1 Å². The lowest BCUT2D eigenvalue weighted by Crippen LogP contribution is -2.16. The van der Waals surface area contributed by atoms with Crippen molar-refractivity contribution in [2.45, 2.75) is 19.5 Å². The third-order valence-corrected chi connectivity index (χ3v) is 4.21. The summed E-state index contributed by atoms with van der Waals surface area (Å²) in [6.07, 6.45) is -0.510. The van der Waals surface area contributed by atoms with Gasteiger partial charge in [-0.15, -0.1) is 10.2 Å². The second kappa shape index (κ2) is 8.33. The van der Waals surface area contributed by atoms with E-state index in [1.807, 2.05) is 6.92 Å². The lowest BCUT2D eigenvalue weighted by Gasteiger charge is -2.08. The fourth-order valence-electron chi connectivity index (χ4n) is 2.63. The van der Waals surface area contributed by atoms with E-state index < -0.39 is 11.7 Å². The van der Waals surface area contributed by atoms with Gasteiger partial charge in [0.05, 0.1) is 11.3 Å². The van der Waals surface area contributed by atoms with Crippen LogP contribution in [-0.4, -0.2) is 32.4 Å². The molecule has 2 aromatic heterocycles. The maximum Gasteiger partial charge on any atom is 0.416 e. The molecule has 154 valence electrons. The molecule has 3 heterocycles. The zero-order valence-electron chi connectivity index (χ0n) is 15.7. The van der Waals surface area contributed by atoms with Gasteiger partial charge in [-0.1, -0.05) is 6.92 Å². The molecule has 3 aromatic rings. The van der Waals surface area contributed by atoms with Gasteiger partial charge in [-0.25, -0.2) is 0 Å². The summed E-state index contributed by atoms with van der Waals surface area (Å²) in [7, 11) is 1.71. The second-order valence-electron chi connectivity index (χ2n) is 6.49. The Kier molecular flexibility index (Phi) is 5.85. The van der Waals surface area contributed by atoms with Crippen molar-refractivity contribution in [2.24, 2.45) is 13.0 Å². The van der Waals surface area contributed by atoms with Crippen molar-refractivity contribution in [1.82, 2.24) is 25.3 Å². The van der Waals surface area contributed by atoms with Gasteiger partial charge in [0.2, 0.25) is 12.3 Å². The van der Waals surface area contributed by atoms with Crippen LogP contribution in [0.5, 0.6) is 0 Å². The van der Waals surface area contributed by atoms with E-state index in [-0.39, 0.29) is 17.7 Å². The highest BCUT2D eigenvalue weighted by Crippen LogP contribution is 2.31. The molecule has 4 rings (SSSR count). The molecule has 1 aromatic carbocycles. The highest BCUT2D eigenvalue weighted by atomic mass is 19.4. The quantitative estimate of drug-likeness (QED) is 0.690. The number of anilines is 2. The molecule has 29 heavy (non-hydrogen) atoms. The molecule has 1 unspecified atom stereocenters. The Hall–Kier alpha value is -3.37. The Morgan fingerprint density at radius 3 is 2.48 bits per heavy atom. The second-order valence-corrected chi connectivity index (χ2v) is 6.49. The lowest BCUT2D eigenvalue weighted by molar-refractivity contribution is -0.137. The molecule has 8 nitrogen and oxygen atoms in total. The molecule has 1 amide bonds. The zero-order valence-corrected chi connectivity index (χ0v) is 15.7. The fourth-order valence-corrected chi connectivity index (χ4v) is 2.63. The normalized spacial score (nSPS) is 16.2. The van der Waals surface area contributed by atoms with Crippen LogP contribution in [0.15, 0.2) is 41.3 Å². The molecule has 1 saturated heterocycles. The van der Waals surface area contributed by atoms with Crippen molar-refractivity contribution >= 4 is 17.3 Å². The fraction of sp³-hybridized carbons (Fsp3) is 0.333. The molecule has 2 N–H and O–H groups in total. The molecule has 1 fully saturated rings. The number of hydrogen-bond donors (Lipinski definition) is 2. The van der Waals surface area contributed by atoms with E-state index in [0.29, 0.717) is 17.1 Å². The summed E-state index contributed by atoms with van der Waals surface area (Å²) in [6, 6.07) is 4.69. The number of halogens is 3. The summed E-state index contributed by atoms with van der Waals surface area (Å²) in [5.74, 6) is 0.690. The van der Waals surface area contributed by atoms with Crippen molar-refractivity contribution in [3.8, 4) is 11.6 Å². The van der Waals surface area contributed by atoms with Gasteiger partial charge in [-0.2, -0.15) is 18.3 Å². The number of carbonyl (C=O) groups is 1. The molecular formula is C18H19F3N6O2. The summed E-state index contributed by atoms with van der Waals surface area (Å²) in [5, 5.41) is 17.2. The minimum atomic E-state index is -4.36. The van der Waals surface area contributed by atoms with Crippen LogP contribution in [-0.2, 0) is 18.0 Å². The summed E-state index contributed by atoms with van der Waals surface area (Å²) >= 11 is 0. The number of carbonyl (C=O) groups excluding carboxylic acids is 1. The average molecular weight is 408 g/mol. The van der Waals surface area contributed by atoms with Gasteiger partial charge in [0, 0.05) is 31.4 Å². The van der Waals surface area contributed by atoms with Crippen LogP contribution in [0.1, 0.15) is 18.9 Å². The van der Waals surface area contributed by atoms with Gasteiger partial charge in [-0.3, -0.25) is 9.48 Å². The van der Waals surface area contributed by atoms with Crippen molar-refractivity contribution < 1.29 is 22.4 Å². The largest absolute Gasteiger partial charge is 0.422 e. The summed E-state index contributed by atoms with van der Waals surface area (Å²) in [5.41, 5.74) is 0.745. The Labute approximate surface area is 164 Å². The highest BCUT2D eigenvalue weighted by Gasteiger charge is 2.30. The number of nitrogens with one attached hydrogen (secondary N) is 2. The van der Waals surface area contributed by atoms with E-state index in [4.69, 9.17) is 4.42 Å². The van der Waals surface area contributed by atoms with Crippen molar-refractivity contribution in [3.05, 3.63) is 42.4 Å². The minimum absolute atomic E-state index is 0.208. The number of alkyl halides is 3. The lowest BCUT2D eigenvalue weighted by atomic mass is 10.1. The van der Waals surface area contributed by atoms with Gasteiger partial charge in [0.15, 0.2) is 5.69 Å². The van der Waals surface area contributed by atoms with Crippen LogP contribution in [0.3, 0.4) is 0 Å². The monoisotopic (exact) mass is 408 g/mol. The highest BCUT2D eigenvalue weighted by molar-refractivity contribution is 5.80. The number of amides is 1. The number of hydrogen-bond acceptors (Lipinski definition) is 6. The Balaban J connectivity index is 0.000000290. The summed E-state index contributed by atoms with van der Waals surface area (Å²) in [4.78, 5) is 10.5. The summed E-state index contributed by atoms with van der Waals surface area (Å²) < 4.78 is 44.2. The van der Waals surface area contributed by atoms with E-state index in [9.17, 15) is 18.0 Å². The number of benzene rings is 1. The van der Waals surface area contributed by atoms with Crippen molar-refractivity contribution in [3.63, 3.8) is 0 Å². The van der Waals surface area contributed by atoms with Crippen LogP contribution in [0.25, 0.3) is 11.6 Å². The van der Waals surface area contributed by atoms with Gasteiger partial charge in [-0.05, 0) is 30.7 Å². The van der Waals surface area contributed by atoms with E-state index in [1.165, 1.54) is 23.2 Å². The van der Waals surface area contributed by atoms with Gasteiger partial charge in [0.25, 0.3) is 5.89 Å². The van der Waals surface area contributed by atoms with Gasteiger partial charge >= 0.3 is 6.18 Å². The van der Waals surface area contributed by atoms with Crippen molar-refractivity contribution in [2.75, 3.05) is 11.9 Å². The Morgan fingerprint density at radius 1 is 1.28 bits per heavy atom. The zero-order chi connectivity index (χ0) is 21.0. The van der Waals surface area contributed by atoms with Crippen LogP contribution in [0, 0.1) is 5.92 Å². The first kappa shape index (κ1) is 20.4. The molecule has 0 bridgehead atoms. The third kappa shape index (κ3) is 5.12. The SMILES string of the molecule is CC1CCNC1=O.Cn1cc(Nc2ccc(C(F)(F)F)cc2)c(-c2nnco2)n1. The third-order valence-electron chi connectivity index (χ3n) is 4.21. The van der Waals surface area contributed by atoms with Crippen LogP contribution in [0.2, 0.25) is 0 Å². The molecule has 1 aliphatic rings. The molecular weight excluding hydrogens is 389 g/mol. The maximum atomic E-state index is 12.5.